The monoisotopic (exact) mass is 402 g/mol. The van der Waals surface area contributed by atoms with Crippen LogP contribution < -0.4 is 4.74 Å². The zero-order valence-corrected chi connectivity index (χ0v) is 16.4. The van der Waals surface area contributed by atoms with Crippen molar-refractivity contribution >= 4 is 16.1 Å². The summed E-state index contributed by atoms with van der Waals surface area (Å²) in [5, 5.41) is 0. The normalized spacial score (nSPS) is 18.6. The number of aldehydes is 1. The topological polar surface area (TPSA) is 60.4 Å². The van der Waals surface area contributed by atoms with E-state index in [9.17, 15) is 17.6 Å². The van der Waals surface area contributed by atoms with Crippen molar-refractivity contribution < 1.29 is 22.3 Å². The number of benzene rings is 2. The molecule has 2 aromatic carbocycles. The Morgan fingerprint density at radius 1 is 1.04 bits per heavy atom. The van der Waals surface area contributed by atoms with Crippen LogP contribution in [0.5, 0.6) is 5.75 Å². The summed E-state index contributed by atoms with van der Waals surface area (Å²) in [6.45, 7) is 0.519. The molecule has 1 heterocycles. The molecular weight excluding hydrogens is 379 g/mol. The van der Waals surface area contributed by atoms with Gasteiger partial charge < -0.3 is 4.74 Å². The van der Waals surface area contributed by atoms with Gasteiger partial charge in [0.05, 0.1) is 23.7 Å². The van der Waals surface area contributed by atoms with Gasteiger partial charge in [0.25, 0.3) is 0 Å². The molecule has 0 spiro atoms. The molecule has 6 heteroatoms. The van der Waals surface area contributed by atoms with Crippen molar-refractivity contribution in [2.75, 3.05) is 18.1 Å². The fourth-order valence-electron chi connectivity index (χ4n) is 4.10. The van der Waals surface area contributed by atoms with E-state index >= 15 is 0 Å². The number of sulfone groups is 1. The summed E-state index contributed by atoms with van der Waals surface area (Å²) in [5.74, 6) is 1.07. The lowest BCUT2D eigenvalue weighted by Gasteiger charge is -2.22. The molecule has 0 amide bonds. The Morgan fingerprint density at radius 3 is 2.46 bits per heavy atom. The van der Waals surface area contributed by atoms with E-state index in [2.05, 4.69) is 0 Å². The van der Waals surface area contributed by atoms with Crippen molar-refractivity contribution in [3.63, 3.8) is 0 Å². The molecule has 1 saturated heterocycles. The first-order valence-corrected chi connectivity index (χ1v) is 11.5. The third-order valence-electron chi connectivity index (χ3n) is 5.77. The van der Waals surface area contributed by atoms with E-state index in [-0.39, 0.29) is 23.0 Å². The summed E-state index contributed by atoms with van der Waals surface area (Å²) >= 11 is 0. The first-order valence-electron chi connectivity index (χ1n) is 9.69. The zero-order chi connectivity index (χ0) is 19.7. The molecule has 1 aliphatic carbocycles. The van der Waals surface area contributed by atoms with Gasteiger partial charge in [-0.1, -0.05) is 6.07 Å². The smallest absolute Gasteiger partial charge is 0.153 e. The Hall–Kier alpha value is -2.21. The molecule has 2 aliphatic rings. The molecular formula is C22H23FO4S. The second kappa shape index (κ2) is 7.66. The number of hydrogen-bond donors (Lipinski definition) is 0. The minimum atomic E-state index is -2.86. The van der Waals surface area contributed by atoms with Crippen LogP contribution in [0.3, 0.4) is 0 Å². The molecule has 0 radical (unpaired) electrons. The highest BCUT2D eigenvalue weighted by Crippen LogP contribution is 2.36. The van der Waals surface area contributed by atoms with Gasteiger partial charge in [0.2, 0.25) is 0 Å². The van der Waals surface area contributed by atoms with E-state index in [0.29, 0.717) is 25.7 Å². The lowest BCUT2D eigenvalue weighted by atomic mass is 9.94. The Balaban J connectivity index is 1.54. The van der Waals surface area contributed by atoms with Crippen LogP contribution >= 0.6 is 0 Å². The summed E-state index contributed by atoms with van der Waals surface area (Å²) in [5.41, 5.74) is 4.08. The second-order valence-corrected chi connectivity index (χ2v) is 10.0. The fraction of sp³-hybridized carbons (Fsp3) is 0.409. The fourth-order valence-corrected chi connectivity index (χ4v) is 5.69. The molecule has 0 unspecified atom stereocenters. The Morgan fingerprint density at radius 2 is 1.75 bits per heavy atom. The summed E-state index contributed by atoms with van der Waals surface area (Å²) in [4.78, 5) is 11.1. The number of rotatable bonds is 4. The summed E-state index contributed by atoms with van der Waals surface area (Å²) < 4.78 is 43.0. The first-order chi connectivity index (χ1) is 13.4. The van der Waals surface area contributed by atoms with Crippen LogP contribution in [0, 0.1) is 11.7 Å². The van der Waals surface area contributed by atoms with Crippen molar-refractivity contribution in [2.24, 2.45) is 5.92 Å². The molecule has 28 heavy (non-hydrogen) atoms. The van der Waals surface area contributed by atoms with Gasteiger partial charge in [-0.2, -0.15) is 0 Å². The number of carbonyl (C=O) groups excluding carboxylic acids is 1. The van der Waals surface area contributed by atoms with Gasteiger partial charge in [-0.15, -0.1) is 0 Å². The van der Waals surface area contributed by atoms with Crippen LogP contribution in [0.2, 0.25) is 0 Å². The maximum Gasteiger partial charge on any atom is 0.153 e. The van der Waals surface area contributed by atoms with Crippen molar-refractivity contribution in [3.8, 4) is 16.9 Å². The van der Waals surface area contributed by atoms with Crippen LogP contribution in [-0.2, 0) is 22.7 Å². The average Bonchev–Trinajstić information content (AvgIpc) is 2.84. The molecule has 4 rings (SSSR count). The van der Waals surface area contributed by atoms with E-state index in [1.807, 2.05) is 18.2 Å². The Kier molecular flexibility index (Phi) is 5.23. The Labute approximate surface area is 164 Å². The first kappa shape index (κ1) is 19.1. The lowest BCUT2D eigenvalue weighted by Crippen LogP contribution is -2.26. The highest BCUT2D eigenvalue weighted by atomic mass is 32.2. The van der Waals surface area contributed by atoms with Crippen LogP contribution in [0.1, 0.15) is 40.7 Å². The van der Waals surface area contributed by atoms with Crippen LogP contribution in [-0.4, -0.2) is 32.8 Å². The predicted molar refractivity (Wildman–Crippen MR) is 106 cm³/mol. The molecule has 0 aromatic heterocycles. The SMILES string of the molecule is O=Cc1cc2c(cc1F)CCCc1cc(OCC3CCS(=O)(=O)CC3)ccc1-2. The second-order valence-electron chi connectivity index (χ2n) is 7.73. The number of aryl methyl sites for hydroxylation is 2. The van der Waals surface area contributed by atoms with E-state index in [1.54, 1.807) is 6.07 Å². The molecule has 0 atom stereocenters. The van der Waals surface area contributed by atoms with Crippen LogP contribution in [0.25, 0.3) is 11.1 Å². The van der Waals surface area contributed by atoms with E-state index < -0.39 is 15.7 Å². The summed E-state index contributed by atoms with van der Waals surface area (Å²) in [7, 11) is -2.86. The number of carbonyl (C=O) groups is 1. The lowest BCUT2D eigenvalue weighted by molar-refractivity contribution is 0.112. The minimum absolute atomic E-state index is 0.0826. The van der Waals surface area contributed by atoms with Gasteiger partial charge in [0.15, 0.2) is 6.29 Å². The van der Waals surface area contributed by atoms with Gasteiger partial charge in [-0.25, -0.2) is 12.8 Å². The molecule has 4 nitrogen and oxygen atoms in total. The van der Waals surface area contributed by atoms with Crippen molar-refractivity contribution in [3.05, 3.63) is 52.8 Å². The zero-order valence-electron chi connectivity index (χ0n) is 15.6. The number of fused-ring (bicyclic) bond motifs is 3. The predicted octanol–water partition coefficient (Wildman–Crippen LogP) is 4.00. The maximum absolute atomic E-state index is 14.0. The van der Waals surface area contributed by atoms with Gasteiger partial charge in [0, 0.05) is 0 Å². The number of halogens is 1. The van der Waals surface area contributed by atoms with Gasteiger partial charge in [-0.05, 0) is 84.5 Å². The largest absolute Gasteiger partial charge is 0.493 e. The quantitative estimate of drug-likeness (QED) is 0.726. The maximum atomic E-state index is 14.0. The molecule has 0 saturated carbocycles. The summed E-state index contributed by atoms with van der Waals surface area (Å²) in [6, 6.07) is 9.03. The van der Waals surface area contributed by atoms with Gasteiger partial charge in [-0.3, -0.25) is 4.79 Å². The molecule has 0 N–H and O–H groups in total. The van der Waals surface area contributed by atoms with E-state index in [0.717, 1.165) is 47.3 Å². The van der Waals surface area contributed by atoms with Gasteiger partial charge >= 0.3 is 0 Å². The van der Waals surface area contributed by atoms with E-state index in [4.69, 9.17) is 4.74 Å². The molecule has 1 fully saturated rings. The third kappa shape index (κ3) is 3.97. The van der Waals surface area contributed by atoms with Crippen LogP contribution in [0.15, 0.2) is 30.3 Å². The molecule has 0 bridgehead atoms. The standard InChI is InChI=1S/C22H23FO4S/c23-22-12-17-3-1-2-16-10-19(4-5-20(16)21(17)11-18(22)13-24)27-14-15-6-8-28(25,26)9-7-15/h4-5,10-13,15H,1-3,6-9,14H2. The molecule has 148 valence electrons. The number of ether oxygens (including phenoxy) is 1. The van der Waals surface area contributed by atoms with Gasteiger partial charge in [0.1, 0.15) is 21.4 Å². The minimum Gasteiger partial charge on any atom is -0.493 e. The summed E-state index contributed by atoms with van der Waals surface area (Å²) in [6.07, 6.45) is 4.40. The van der Waals surface area contributed by atoms with E-state index in [1.165, 1.54) is 6.07 Å². The van der Waals surface area contributed by atoms with Crippen molar-refractivity contribution in [2.45, 2.75) is 32.1 Å². The van der Waals surface area contributed by atoms with Crippen molar-refractivity contribution in [1.29, 1.82) is 0 Å². The highest BCUT2D eigenvalue weighted by molar-refractivity contribution is 7.91. The number of hydrogen-bond acceptors (Lipinski definition) is 4. The van der Waals surface area contributed by atoms with Crippen LogP contribution in [0.4, 0.5) is 4.39 Å². The Bertz CT molecular complexity index is 999. The average molecular weight is 402 g/mol. The molecule has 1 aliphatic heterocycles. The highest BCUT2D eigenvalue weighted by Gasteiger charge is 2.24. The third-order valence-corrected chi connectivity index (χ3v) is 7.48. The molecule has 2 aromatic rings. The van der Waals surface area contributed by atoms with Crippen molar-refractivity contribution in [1.82, 2.24) is 0 Å².